The average molecular weight is 274 g/mol. The van der Waals surface area contributed by atoms with Crippen molar-refractivity contribution in [1.29, 1.82) is 0 Å². The molecule has 0 aliphatic heterocycles. The lowest BCUT2D eigenvalue weighted by atomic mass is 9.97. The van der Waals surface area contributed by atoms with E-state index in [-0.39, 0.29) is 0 Å². The van der Waals surface area contributed by atoms with Gasteiger partial charge in [-0.1, -0.05) is 87.6 Å². The zero-order chi connectivity index (χ0) is 15.4. The molecule has 0 nitrogen and oxygen atoms in total. The van der Waals surface area contributed by atoms with Gasteiger partial charge in [0.2, 0.25) is 0 Å². The van der Waals surface area contributed by atoms with Gasteiger partial charge in [-0.15, -0.1) is 0 Å². The Labute approximate surface area is 127 Å². The van der Waals surface area contributed by atoms with E-state index in [1.54, 1.807) is 0 Å². The smallest absolute Gasteiger partial charge is 0.0322 e. The standard InChI is InChI=1S/C20H34/c1-7-18(4)12-9-14-20(6)16-10-15-19(5)13-8-11-17(2)3/h7,9-10,12,14,16-17,19H,8,11,13,15H2,1-6H3. The number of hydrogen-bond acceptors (Lipinski definition) is 0. The molecule has 0 fully saturated rings. The van der Waals surface area contributed by atoms with Crippen LogP contribution in [0, 0.1) is 11.8 Å². The molecule has 0 N–H and O–H groups in total. The number of hydrogen-bond donors (Lipinski definition) is 0. The van der Waals surface area contributed by atoms with Crippen LogP contribution < -0.4 is 0 Å². The molecule has 0 aromatic heterocycles. The first-order valence-electron chi connectivity index (χ1n) is 8.10. The van der Waals surface area contributed by atoms with Crippen LogP contribution in [0.25, 0.3) is 0 Å². The topological polar surface area (TPSA) is 0 Å². The molecule has 0 saturated heterocycles. The first-order chi connectivity index (χ1) is 9.45. The molecule has 0 spiro atoms. The summed E-state index contributed by atoms with van der Waals surface area (Å²) in [4.78, 5) is 0. The van der Waals surface area contributed by atoms with Crippen molar-refractivity contribution >= 4 is 0 Å². The van der Waals surface area contributed by atoms with Crippen molar-refractivity contribution in [2.45, 2.75) is 67.2 Å². The summed E-state index contributed by atoms with van der Waals surface area (Å²) >= 11 is 0. The highest BCUT2D eigenvalue weighted by Gasteiger charge is 2.00. The minimum Gasteiger partial charge on any atom is -0.0847 e. The van der Waals surface area contributed by atoms with Gasteiger partial charge in [0.05, 0.1) is 0 Å². The largest absolute Gasteiger partial charge is 0.0847 e. The van der Waals surface area contributed by atoms with E-state index < -0.39 is 0 Å². The van der Waals surface area contributed by atoms with Gasteiger partial charge in [-0.3, -0.25) is 0 Å². The van der Waals surface area contributed by atoms with Crippen LogP contribution in [0.15, 0.2) is 47.6 Å². The third kappa shape index (κ3) is 12.0. The Bertz CT molecular complexity index is 350. The molecule has 0 aliphatic rings. The average Bonchev–Trinajstić information content (AvgIpc) is 2.38. The van der Waals surface area contributed by atoms with Crippen LogP contribution in [0.3, 0.4) is 0 Å². The Kier molecular flexibility index (Phi) is 11.1. The van der Waals surface area contributed by atoms with Gasteiger partial charge in [0.15, 0.2) is 0 Å². The molecule has 1 atom stereocenters. The summed E-state index contributed by atoms with van der Waals surface area (Å²) in [5.41, 5.74) is 2.62. The lowest BCUT2D eigenvalue weighted by Crippen LogP contribution is -1.95. The summed E-state index contributed by atoms with van der Waals surface area (Å²) in [6.45, 7) is 13.3. The van der Waals surface area contributed by atoms with Crippen LogP contribution in [-0.4, -0.2) is 0 Å². The van der Waals surface area contributed by atoms with E-state index in [0.717, 1.165) is 11.8 Å². The van der Waals surface area contributed by atoms with Crippen molar-refractivity contribution in [3.05, 3.63) is 47.6 Å². The number of rotatable bonds is 9. The Hall–Kier alpha value is -1.04. The molecule has 0 rings (SSSR count). The minimum atomic E-state index is 0.804. The molecule has 0 bridgehead atoms. The summed E-state index contributed by atoms with van der Waals surface area (Å²) in [6.07, 6.45) is 18.4. The second-order valence-corrected chi connectivity index (χ2v) is 6.37. The van der Waals surface area contributed by atoms with E-state index in [9.17, 15) is 0 Å². The molecule has 0 aromatic carbocycles. The highest BCUT2D eigenvalue weighted by Crippen LogP contribution is 2.15. The van der Waals surface area contributed by atoms with E-state index >= 15 is 0 Å². The van der Waals surface area contributed by atoms with Crippen LogP contribution in [0.5, 0.6) is 0 Å². The highest BCUT2D eigenvalue weighted by molar-refractivity contribution is 5.26. The van der Waals surface area contributed by atoms with Gasteiger partial charge >= 0.3 is 0 Å². The lowest BCUT2D eigenvalue weighted by molar-refractivity contribution is 0.461. The van der Waals surface area contributed by atoms with Crippen LogP contribution >= 0.6 is 0 Å². The van der Waals surface area contributed by atoms with Crippen LogP contribution in [0.1, 0.15) is 67.2 Å². The summed E-state index contributed by atoms with van der Waals surface area (Å²) in [7, 11) is 0. The molecule has 0 aliphatic carbocycles. The predicted octanol–water partition coefficient (Wildman–Crippen LogP) is 6.86. The van der Waals surface area contributed by atoms with Crippen LogP contribution in [0.2, 0.25) is 0 Å². The molecule has 0 aromatic rings. The first-order valence-corrected chi connectivity index (χ1v) is 8.10. The Morgan fingerprint density at radius 3 is 2.25 bits per heavy atom. The van der Waals surface area contributed by atoms with Crippen LogP contribution in [-0.2, 0) is 0 Å². The van der Waals surface area contributed by atoms with Crippen molar-refractivity contribution in [3.8, 4) is 0 Å². The highest BCUT2D eigenvalue weighted by atomic mass is 14.1. The van der Waals surface area contributed by atoms with Gasteiger partial charge in [-0.2, -0.15) is 0 Å². The monoisotopic (exact) mass is 274 g/mol. The fraction of sp³-hybridized carbons (Fsp3) is 0.600. The fourth-order valence-corrected chi connectivity index (χ4v) is 1.98. The maximum atomic E-state index is 2.36. The second-order valence-electron chi connectivity index (χ2n) is 6.37. The lowest BCUT2D eigenvalue weighted by Gasteiger charge is -2.09. The molecule has 0 heterocycles. The third-order valence-electron chi connectivity index (χ3n) is 3.57. The SMILES string of the molecule is CC=C(C)C=CC=C(C)C=CCC(C)CCCC(C)C. The second kappa shape index (κ2) is 11.8. The molecular formula is C20H34. The zero-order valence-electron chi connectivity index (χ0n) is 14.4. The molecule has 1 unspecified atom stereocenters. The normalized spacial score (nSPS) is 15.8. The van der Waals surface area contributed by atoms with Gasteiger partial charge in [0.1, 0.15) is 0 Å². The van der Waals surface area contributed by atoms with Crippen molar-refractivity contribution in [2.75, 3.05) is 0 Å². The van der Waals surface area contributed by atoms with E-state index in [1.165, 1.54) is 36.8 Å². The molecule has 0 amide bonds. The fourth-order valence-electron chi connectivity index (χ4n) is 1.98. The molecular weight excluding hydrogens is 240 g/mol. The van der Waals surface area contributed by atoms with Gasteiger partial charge in [0, 0.05) is 0 Å². The molecule has 0 saturated carbocycles. The molecule has 0 radical (unpaired) electrons. The summed E-state index contributed by atoms with van der Waals surface area (Å²) in [5, 5.41) is 0. The van der Waals surface area contributed by atoms with Gasteiger partial charge in [0.25, 0.3) is 0 Å². The van der Waals surface area contributed by atoms with E-state index in [1.807, 2.05) is 0 Å². The van der Waals surface area contributed by atoms with E-state index in [0.29, 0.717) is 0 Å². The molecule has 114 valence electrons. The van der Waals surface area contributed by atoms with Crippen LogP contribution in [0.4, 0.5) is 0 Å². The van der Waals surface area contributed by atoms with Crippen molar-refractivity contribution in [3.63, 3.8) is 0 Å². The van der Waals surface area contributed by atoms with Gasteiger partial charge < -0.3 is 0 Å². The van der Waals surface area contributed by atoms with E-state index in [4.69, 9.17) is 0 Å². The predicted molar refractivity (Wildman–Crippen MR) is 93.9 cm³/mol. The maximum absolute atomic E-state index is 2.36. The van der Waals surface area contributed by atoms with E-state index in [2.05, 4.69) is 78.0 Å². The third-order valence-corrected chi connectivity index (χ3v) is 3.57. The zero-order valence-corrected chi connectivity index (χ0v) is 14.4. The van der Waals surface area contributed by atoms with Crippen molar-refractivity contribution in [1.82, 2.24) is 0 Å². The Balaban J connectivity index is 3.98. The number of allylic oxidation sites excluding steroid dienone is 8. The quantitative estimate of drug-likeness (QED) is 0.403. The summed E-state index contributed by atoms with van der Waals surface area (Å²) in [6, 6.07) is 0. The Morgan fingerprint density at radius 1 is 0.950 bits per heavy atom. The van der Waals surface area contributed by atoms with Gasteiger partial charge in [-0.25, -0.2) is 0 Å². The van der Waals surface area contributed by atoms with Gasteiger partial charge in [-0.05, 0) is 39.0 Å². The maximum Gasteiger partial charge on any atom is -0.0322 e. The summed E-state index contributed by atoms with van der Waals surface area (Å²) < 4.78 is 0. The first kappa shape index (κ1) is 19.0. The minimum absolute atomic E-state index is 0.804. The molecule has 0 heteroatoms. The van der Waals surface area contributed by atoms with Crippen molar-refractivity contribution < 1.29 is 0 Å². The Morgan fingerprint density at radius 2 is 1.65 bits per heavy atom. The molecule has 20 heavy (non-hydrogen) atoms. The summed E-state index contributed by atoms with van der Waals surface area (Å²) in [5.74, 6) is 1.65. The van der Waals surface area contributed by atoms with Crippen molar-refractivity contribution in [2.24, 2.45) is 11.8 Å².